The average Bonchev–Trinajstić information content (AvgIpc) is 3.52. The van der Waals surface area contributed by atoms with Crippen LogP contribution in [0, 0.1) is 0 Å². The Morgan fingerprint density at radius 3 is 2.89 bits per heavy atom. The Morgan fingerprint density at radius 2 is 2.06 bits per heavy atom. The molecule has 1 unspecified atom stereocenters. The molecule has 0 bridgehead atoms. The van der Waals surface area contributed by atoms with E-state index in [9.17, 15) is 9.59 Å². The molecule has 3 aromatic rings. The number of carbonyl (C=O) groups is 2. The number of nitrogens with zero attached hydrogens (tertiary/aromatic N) is 2. The lowest BCUT2D eigenvalue weighted by molar-refractivity contribution is -0.117. The van der Waals surface area contributed by atoms with Crippen LogP contribution in [0.5, 0.6) is 5.75 Å². The van der Waals surface area contributed by atoms with Crippen LogP contribution in [0.2, 0.25) is 0 Å². The molecule has 1 aromatic carbocycles. The molecule has 0 aliphatic carbocycles. The van der Waals surface area contributed by atoms with Gasteiger partial charge in [-0.05, 0) is 42.8 Å². The van der Waals surface area contributed by atoms with Gasteiger partial charge in [-0.1, -0.05) is 19.1 Å². The highest BCUT2D eigenvalue weighted by Crippen LogP contribution is 2.34. The van der Waals surface area contributed by atoms with Crippen molar-refractivity contribution in [1.82, 2.24) is 10.3 Å². The predicted octanol–water partition coefficient (Wildman–Crippen LogP) is 3.87. The van der Waals surface area contributed by atoms with Crippen LogP contribution in [-0.4, -0.2) is 50.1 Å². The monoisotopic (exact) mass is 477 g/mol. The lowest BCUT2D eigenvalue weighted by atomic mass is 9.98. The molecular weight excluding hydrogens is 446 g/mol. The number of rotatable bonds is 11. The first-order chi connectivity index (χ1) is 17.1. The van der Waals surface area contributed by atoms with Crippen LogP contribution < -0.4 is 25.6 Å². The third-order valence-corrected chi connectivity index (χ3v) is 5.89. The Kier molecular flexibility index (Phi) is 7.99. The molecule has 0 radical (unpaired) electrons. The Bertz CT molecular complexity index is 1160. The molecule has 184 valence electrons. The van der Waals surface area contributed by atoms with Crippen molar-refractivity contribution in [1.29, 1.82) is 0 Å². The molecule has 0 saturated carbocycles. The Labute approximate surface area is 204 Å². The molecule has 2 amide bonds. The molecule has 2 aromatic heterocycles. The fourth-order valence-electron chi connectivity index (χ4n) is 4.05. The summed E-state index contributed by atoms with van der Waals surface area (Å²) in [6.07, 6.45) is 4.70. The number of carbonyl (C=O) groups excluding carboxylic acids is 2. The maximum Gasteiger partial charge on any atom is 0.291 e. The number of nitrogens with one attached hydrogen (secondary N) is 3. The topological polar surface area (TPSA) is 109 Å². The molecule has 9 nitrogen and oxygen atoms in total. The van der Waals surface area contributed by atoms with Crippen LogP contribution in [-0.2, 0) is 4.79 Å². The van der Waals surface area contributed by atoms with Crippen molar-refractivity contribution in [3.8, 4) is 5.75 Å². The largest absolute Gasteiger partial charge is 0.497 e. The number of amides is 2. The van der Waals surface area contributed by atoms with Gasteiger partial charge >= 0.3 is 0 Å². The minimum absolute atomic E-state index is 0.0239. The van der Waals surface area contributed by atoms with E-state index in [0.29, 0.717) is 31.1 Å². The molecule has 1 aliphatic heterocycles. The summed E-state index contributed by atoms with van der Waals surface area (Å²) in [4.78, 5) is 31.3. The highest BCUT2D eigenvalue weighted by Gasteiger charge is 2.33. The van der Waals surface area contributed by atoms with Crippen molar-refractivity contribution < 1.29 is 18.7 Å². The second-order valence-electron chi connectivity index (χ2n) is 8.37. The second kappa shape index (κ2) is 11.5. The zero-order chi connectivity index (χ0) is 24.6. The number of ether oxygens (including phenoxy) is 1. The zero-order valence-electron chi connectivity index (χ0n) is 20.0. The van der Waals surface area contributed by atoms with Crippen molar-refractivity contribution in [2.45, 2.75) is 25.7 Å². The van der Waals surface area contributed by atoms with E-state index in [1.54, 1.807) is 36.5 Å². The van der Waals surface area contributed by atoms with Gasteiger partial charge in [0, 0.05) is 44.2 Å². The summed E-state index contributed by atoms with van der Waals surface area (Å²) in [7, 11) is 1.62. The molecule has 1 atom stereocenters. The summed E-state index contributed by atoms with van der Waals surface area (Å²) < 4.78 is 11.1. The smallest absolute Gasteiger partial charge is 0.291 e. The fraction of sp³-hybridized carbons (Fsp3) is 0.346. The summed E-state index contributed by atoms with van der Waals surface area (Å²) >= 11 is 0. The van der Waals surface area contributed by atoms with E-state index in [0.717, 1.165) is 36.5 Å². The van der Waals surface area contributed by atoms with Gasteiger partial charge < -0.3 is 25.1 Å². The minimum Gasteiger partial charge on any atom is -0.497 e. The fourth-order valence-corrected chi connectivity index (χ4v) is 4.05. The van der Waals surface area contributed by atoms with Gasteiger partial charge in [0.1, 0.15) is 5.75 Å². The molecular formula is C26H31N5O4. The van der Waals surface area contributed by atoms with E-state index in [2.05, 4.69) is 27.9 Å². The standard InChI is InChI=1S/C26H31N5O4/c1-3-10-27-12-13-29-21-9-11-28-16-22(21)30-26(33)23-7-8-25(35-23)31-17-19(15-24(31)32)18-5-4-6-20(14-18)34-2/h4-9,11,14,16,19,27H,3,10,12-13,15,17H2,1-2H3,(H,28,29)(H,30,33). The van der Waals surface area contributed by atoms with Gasteiger partial charge in [-0.3, -0.25) is 19.5 Å². The quantitative estimate of drug-likeness (QED) is 0.360. The zero-order valence-corrected chi connectivity index (χ0v) is 20.0. The van der Waals surface area contributed by atoms with Gasteiger partial charge in [0.25, 0.3) is 5.91 Å². The van der Waals surface area contributed by atoms with Gasteiger partial charge in [0.15, 0.2) is 5.76 Å². The molecule has 1 fully saturated rings. The van der Waals surface area contributed by atoms with Crippen LogP contribution in [0.1, 0.15) is 41.8 Å². The predicted molar refractivity (Wildman–Crippen MR) is 135 cm³/mol. The van der Waals surface area contributed by atoms with Crippen molar-refractivity contribution in [2.75, 3.05) is 48.8 Å². The number of aromatic nitrogens is 1. The highest BCUT2D eigenvalue weighted by molar-refractivity contribution is 6.04. The Morgan fingerprint density at radius 1 is 1.17 bits per heavy atom. The highest BCUT2D eigenvalue weighted by atomic mass is 16.5. The first kappa shape index (κ1) is 24.3. The number of hydrogen-bond acceptors (Lipinski definition) is 7. The van der Waals surface area contributed by atoms with E-state index in [1.807, 2.05) is 30.3 Å². The van der Waals surface area contributed by atoms with Crippen molar-refractivity contribution >= 4 is 29.1 Å². The summed E-state index contributed by atoms with van der Waals surface area (Å²) in [5.74, 6) is 0.804. The van der Waals surface area contributed by atoms with Gasteiger partial charge in [0.05, 0.1) is 24.7 Å². The molecule has 35 heavy (non-hydrogen) atoms. The summed E-state index contributed by atoms with van der Waals surface area (Å²) in [6, 6.07) is 12.8. The molecule has 1 aliphatic rings. The molecule has 0 spiro atoms. The normalized spacial score (nSPS) is 15.3. The van der Waals surface area contributed by atoms with Gasteiger partial charge in [0.2, 0.25) is 11.8 Å². The minimum atomic E-state index is -0.410. The lowest BCUT2D eigenvalue weighted by Crippen LogP contribution is -2.24. The second-order valence-corrected chi connectivity index (χ2v) is 8.37. The SMILES string of the molecule is CCCNCCNc1ccncc1NC(=O)c1ccc(N2CC(c3cccc(OC)c3)CC2=O)o1. The van der Waals surface area contributed by atoms with E-state index in [4.69, 9.17) is 9.15 Å². The van der Waals surface area contributed by atoms with Gasteiger partial charge in [-0.25, -0.2) is 0 Å². The van der Waals surface area contributed by atoms with Crippen LogP contribution in [0.3, 0.4) is 0 Å². The molecule has 9 heteroatoms. The Balaban J connectivity index is 1.39. The van der Waals surface area contributed by atoms with Crippen LogP contribution in [0.15, 0.2) is 59.3 Å². The summed E-state index contributed by atoms with van der Waals surface area (Å²) in [5.41, 5.74) is 2.36. The van der Waals surface area contributed by atoms with Crippen LogP contribution in [0.25, 0.3) is 0 Å². The van der Waals surface area contributed by atoms with Crippen molar-refractivity contribution in [3.05, 3.63) is 66.2 Å². The van der Waals surface area contributed by atoms with E-state index in [-0.39, 0.29) is 17.6 Å². The first-order valence-electron chi connectivity index (χ1n) is 11.8. The molecule has 4 rings (SSSR count). The maximum atomic E-state index is 12.9. The third-order valence-electron chi connectivity index (χ3n) is 5.89. The van der Waals surface area contributed by atoms with E-state index >= 15 is 0 Å². The number of pyridine rings is 1. The maximum absolute atomic E-state index is 12.9. The molecule has 1 saturated heterocycles. The molecule has 3 heterocycles. The summed E-state index contributed by atoms with van der Waals surface area (Å²) in [6.45, 7) is 5.08. The number of methoxy groups -OCH3 is 1. The van der Waals surface area contributed by atoms with E-state index in [1.165, 1.54) is 0 Å². The van der Waals surface area contributed by atoms with E-state index < -0.39 is 5.91 Å². The van der Waals surface area contributed by atoms with Crippen molar-refractivity contribution in [3.63, 3.8) is 0 Å². The average molecular weight is 478 g/mol. The first-order valence-corrected chi connectivity index (χ1v) is 11.8. The number of furan rings is 1. The number of hydrogen-bond donors (Lipinski definition) is 3. The van der Waals surface area contributed by atoms with Gasteiger partial charge in [-0.15, -0.1) is 0 Å². The number of benzene rings is 1. The van der Waals surface area contributed by atoms with Crippen LogP contribution >= 0.6 is 0 Å². The van der Waals surface area contributed by atoms with Crippen molar-refractivity contribution in [2.24, 2.45) is 0 Å². The summed E-state index contributed by atoms with van der Waals surface area (Å²) in [5, 5.41) is 9.47. The number of anilines is 3. The lowest BCUT2D eigenvalue weighted by Gasteiger charge is -2.14. The Hall–Kier alpha value is -3.85. The molecule has 3 N–H and O–H groups in total. The van der Waals surface area contributed by atoms with Gasteiger partial charge in [-0.2, -0.15) is 0 Å². The third kappa shape index (κ3) is 5.99. The van der Waals surface area contributed by atoms with Crippen LogP contribution in [0.4, 0.5) is 17.3 Å².